The number of hydrogen-bond acceptors (Lipinski definition) is 3. The standard InChI is InChI=1S/C15H19N3O2S/c1-17(10-11-18-9-3-8-16-18)21(19,20)15-7-6-13-4-2-5-14(13)12-15/h3,6-9,12H,2,4-5,10-11H2,1H3. The zero-order valence-corrected chi connectivity index (χ0v) is 12.9. The maximum Gasteiger partial charge on any atom is 0.242 e. The molecule has 0 atom stereocenters. The van der Waals surface area contributed by atoms with E-state index in [1.807, 2.05) is 24.4 Å². The Labute approximate surface area is 125 Å². The van der Waals surface area contributed by atoms with Crippen molar-refractivity contribution in [3.63, 3.8) is 0 Å². The van der Waals surface area contributed by atoms with Crippen LogP contribution < -0.4 is 0 Å². The summed E-state index contributed by atoms with van der Waals surface area (Å²) in [6, 6.07) is 7.34. The molecule has 1 aromatic heterocycles. The zero-order chi connectivity index (χ0) is 14.9. The highest BCUT2D eigenvalue weighted by Crippen LogP contribution is 2.25. The first-order valence-electron chi connectivity index (χ1n) is 7.13. The molecule has 0 spiro atoms. The Kier molecular flexibility index (Phi) is 3.82. The second-order valence-electron chi connectivity index (χ2n) is 5.38. The fourth-order valence-corrected chi connectivity index (χ4v) is 3.90. The molecule has 1 aromatic carbocycles. The lowest BCUT2D eigenvalue weighted by atomic mass is 10.1. The van der Waals surface area contributed by atoms with Crippen LogP contribution in [0.15, 0.2) is 41.6 Å². The van der Waals surface area contributed by atoms with Crippen molar-refractivity contribution >= 4 is 10.0 Å². The minimum Gasteiger partial charge on any atom is -0.271 e. The lowest BCUT2D eigenvalue weighted by Crippen LogP contribution is -2.30. The van der Waals surface area contributed by atoms with Crippen molar-refractivity contribution in [2.75, 3.05) is 13.6 Å². The van der Waals surface area contributed by atoms with Crippen molar-refractivity contribution in [2.24, 2.45) is 0 Å². The van der Waals surface area contributed by atoms with Gasteiger partial charge < -0.3 is 0 Å². The van der Waals surface area contributed by atoms with Crippen LogP contribution in [0.25, 0.3) is 0 Å². The van der Waals surface area contributed by atoms with Crippen molar-refractivity contribution in [1.82, 2.24) is 14.1 Å². The van der Waals surface area contributed by atoms with Gasteiger partial charge in [-0.3, -0.25) is 4.68 Å². The molecule has 0 amide bonds. The molecule has 3 rings (SSSR count). The molecule has 0 aliphatic heterocycles. The van der Waals surface area contributed by atoms with Crippen molar-refractivity contribution in [3.05, 3.63) is 47.8 Å². The third kappa shape index (κ3) is 2.87. The predicted octanol–water partition coefficient (Wildman–Crippen LogP) is 1.69. The molecular weight excluding hydrogens is 286 g/mol. The van der Waals surface area contributed by atoms with E-state index >= 15 is 0 Å². The van der Waals surface area contributed by atoms with Crippen LogP contribution in [0, 0.1) is 0 Å². The van der Waals surface area contributed by atoms with Crippen LogP contribution in [0.2, 0.25) is 0 Å². The summed E-state index contributed by atoms with van der Waals surface area (Å²) in [5.74, 6) is 0. The maximum atomic E-state index is 12.6. The van der Waals surface area contributed by atoms with E-state index in [-0.39, 0.29) is 0 Å². The largest absolute Gasteiger partial charge is 0.271 e. The smallest absolute Gasteiger partial charge is 0.242 e. The fraction of sp³-hybridized carbons (Fsp3) is 0.400. The summed E-state index contributed by atoms with van der Waals surface area (Å²) in [5, 5.41) is 4.09. The Morgan fingerprint density at radius 1 is 1.29 bits per heavy atom. The second-order valence-corrected chi connectivity index (χ2v) is 7.42. The van der Waals surface area contributed by atoms with E-state index in [1.54, 1.807) is 24.0 Å². The topological polar surface area (TPSA) is 55.2 Å². The minimum absolute atomic E-state index is 0.395. The molecule has 1 aliphatic rings. The number of rotatable bonds is 5. The van der Waals surface area contributed by atoms with Crippen molar-refractivity contribution in [3.8, 4) is 0 Å². The van der Waals surface area contributed by atoms with Gasteiger partial charge in [-0.15, -0.1) is 0 Å². The Morgan fingerprint density at radius 3 is 2.86 bits per heavy atom. The molecule has 0 unspecified atom stereocenters. The van der Waals surface area contributed by atoms with Gasteiger partial charge in [0.25, 0.3) is 0 Å². The van der Waals surface area contributed by atoms with Gasteiger partial charge in [-0.1, -0.05) is 6.07 Å². The molecule has 112 valence electrons. The average molecular weight is 305 g/mol. The first kappa shape index (κ1) is 14.3. The number of likely N-dealkylation sites (N-methyl/N-ethyl adjacent to an activating group) is 1. The summed E-state index contributed by atoms with van der Waals surface area (Å²) in [6.07, 6.45) is 6.68. The van der Waals surface area contributed by atoms with E-state index in [0.29, 0.717) is 18.0 Å². The van der Waals surface area contributed by atoms with Gasteiger partial charge in [0.1, 0.15) is 0 Å². The maximum absolute atomic E-state index is 12.6. The van der Waals surface area contributed by atoms with E-state index in [2.05, 4.69) is 5.10 Å². The fourth-order valence-electron chi connectivity index (χ4n) is 2.68. The summed E-state index contributed by atoms with van der Waals surface area (Å²) >= 11 is 0. The Balaban J connectivity index is 1.76. The van der Waals surface area contributed by atoms with Gasteiger partial charge in [0, 0.05) is 26.0 Å². The first-order chi connectivity index (χ1) is 10.1. The van der Waals surface area contributed by atoms with Gasteiger partial charge in [0.15, 0.2) is 0 Å². The summed E-state index contributed by atoms with van der Waals surface area (Å²) in [4.78, 5) is 0.395. The first-order valence-corrected chi connectivity index (χ1v) is 8.57. The Hall–Kier alpha value is -1.66. The molecular formula is C15H19N3O2S. The molecule has 0 saturated heterocycles. The van der Waals surface area contributed by atoms with Crippen molar-refractivity contribution < 1.29 is 8.42 Å². The summed E-state index contributed by atoms with van der Waals surface area (Å²) in [5.41, 5.74) is 2.46. The molecule has 5 nitrogen and oxygen atoms in total. The van der Waals surface area contributed by atoms with Crippen LogP contribution in [-0.4, -0.2) is 36.1 Å². The summed E-state index contributed by atoms with van der Waals surface area (Å²) in [7, 11) is -1.80. The zero-order valence-electron chi connectivity index (χ0n) is 12.1. The number of benzene rings is 1. The lowest BCUT2D eigenvalue weighted by molar-refractivity contribution is 0.433. The van der Waals surface area contributed by atoms with Crippen LogP contribution in [0.5, 0.6) is 0 Å². The monoisotopic (exact) mass is 305 g/mol. The molecule has 0 radical (unpaired) electrons. The number of fused-ring (bicyclic) bond motifs is 1. The number of hydrogen-bond donors (Lipinski definition) is 0. The van der Waals surface area contributed by atoms with E-state index in [4.69, 9.17) is 0 Å². The van der Waals surface area contributed by atoms with Gasteiger partial charge in [0.05, 0.1) is 11.4 Å². The van der Waals surface area contributed by atoms with E-state index in [1.165, 1.54) is 15.4 Å². The Bertz CT molecular complexity index is 723. The molecule has 1 aliphatic carbocycles. The molecule has 1 heterocycles. The highest BCUT2D eigenvalue weighted by atomic mass is 32.2. The van der Waals surface area contributed by atoms with Gasteiger partial charge >= 0.3 is 0 Å². The molecule has 21 heavy (non-hydrogen) atoms. The van der Waals surface area contributed by atoms with Crippen LogP contribution in [0.4, 0.5) is 0 Å². The minimum atomic E-state index is -3.42. The molecule has 0 saturated carbocycles. The summed E-state index contributed by atoms with van der Waals surface area (Å²) < 4.78 is 28.3. The molecule has 0 bridgehead atoms. The SMILES string of the molecule is CN(CCn1cccn1)S(=O)(=O)c1ccc2c(c1)CCC2. The number of aryl methyl sites for hydroxylation is 2. The highest BCUT2D eigenvalue weighted by Gasteiger charge is 2.22. The number of nitrogens with zero attached hydrogens (tertiary/aromatic N) is 3. The third-order valence-corrected chi connectivity index (χ3v) is 5.83. The molecule has 0 N–H and O–H groups in total. The van der Waals surface area contributed by atoms with Crippen molar-refractivity contribution in [2.45, 2.75) is 30.7 Å². The normalized spacial score (nSPS) is 14.6. The van der Waals surface area contributed by atoms with Gasteiger partial charge in [-0.2, -0.15) is 9.40 Å². The van der Waals surface area contributed by atoms with E-state index in [0.717, 1.165) is 19.3 Å². The van der Waals surface area contributed by atoms with Crippen molar-refractivity contribution in [1.29, 1.82) is 0 Å². The van der Waals surface area contributed by atoms with Gasteiger partial charge in [0.2, 0.25) is 10.0 Å². The van der Waals surface area contributed by atoms with Crippen LogP contribution in [-0.2, 0) is 29.4 Å². The van der Waals surface area contributed by atoms with Crippen LogP contribution in [0.1, 0.15) is 17.5 Å². The third-order valence-electron chi connectivity index (χ3n) is 3.98. The van der Waals surface area contributed by atoms with Gasteiger partial charge in [-0.25, -0.2) is 8.42 Å². The number of sulfonamides is 1. The average Bonchev–Trinajstić information content (AvgIpc) is 3.14. The van der Waals surface area contributed by atoms with Crippen LogP contribution >= 0.6 is 0 Å². The predicted molar refractivity (Wildman–Crippen MR) is 80.5 cm³/mol. The highest BCUT2D eigenvalue weighted by molar-refractivity contribution is 7.89. The summed E-state index contributed by atoms with van der Waals surface area (Å²) in [6.45, 7) is 0.953. The van der Waals surface area contributed by atoms with Gasteiger partial charge in [-0.05, 0) is 48.6 Å². The van der Waals surface area contributed by atoms with E-state index < -0.39 is 10.0 Å². The van der Waals surface area contributed by atoms with E-state index in [9.17, 15) is 8.42 Å². The molecule has 2 aromatic rings. The Morgan fingerprint density at radius 2 is 2.10 bits per heavy atom. The lowest BCUT2D eigenvalue weighted by Gasteiger charge is -2.17. The van der Waals surface area contributed by atoms with Crippen LogP contribution in [0.3, 0.4) is 0 Å². The second kappa shape index (κ2) is 5.61. The molecule has 6 heteroatoms. The quantitative estimate of drug-likeness (QED) is 0.845. The number of aromatic nitrogens is 2. The molecule has 0 fully saturated rings.